The molecule has 0 fully saturated rings. The minimum atomic E-state index is -0.0216. The van der Waals surface area contributed by atoms with Crippen LogP contribution < -0.4 is 10.1 Å². The fraction of sp³-hybridized carbons (Fsp3) is 0.357. The minimum Gasteiger partial charge on any atom is -0.497 e. The zero-order chi connectivity index (χ0) is 13.0. The molecular formula is C14H18N2O2. The maximum atomic E-state index is 9.39. The van der Waals surface area contributed by atoms with E-state index in [1.165, 1.54) is 0 Å². The Bertz CT molecular complexity index is 541. The summed E-state index contributed by atoms with van der Waals surface area (Å²) in [5.41, 5.74) is 1.70. The number of ether oxygens (including phenoxy) is 1. The lowest BCUT2D eigenvalue weighted by atomic mass is 10.1. The van der Waals surface area contributed by atoms with Gasteiger partial charge in [0.15, 0.2) is 0 Å². The molecule has 96 valence electrons. The van der Waals surface area contributed by atoms with Crippen LogP contribution in [0, 0.1) is 0 Å². The number of hydrogen-bond donors (Lipinski definition) is 2. The predicted octanol–water partition coefficient (Wildman–Crippen LogP) is 2.56. The molecule has 0 aliphatic rings. The minimum absolute atomic E-state index is 0.0216. The van der Waals surface area contributed by atoms with Gasteiger partial charge in [0, 0.05) is 17.5 Å². The van der Waals surface area contributed by atoms with Gasteiger partial charge in [-0.15, -0.1) is 0 Å². The average Bonchev–Trinajstić information content (AvgIpc) is 2.43. The number of methoxy groups -OCH3 is 1. The summed E-state index contributed by atoms with van der Waals surface area (Å²) in [6.45, 7) is 2.92. The van der Waals surface area contributed by atoms with Crippen LogP contribution in [-0.4, -0.2) is 23.7 Å². The molecule has 2 aromatic rings. The number of pyridine rings is 1. The molecule has 0 bridgehead atoms. The van der Waals surface area contributed by atoms with Crippen molar-refractivity contribution in [1.82, 2.24) is 4.98 Å². The van der Waals surface area contributed by atoms with Gasteiger partial charge in [0.2, 0.25) is 0 Å². The Morgan fingerprint density at radius 3 is 2.83 bits per heavy atom. The van der Waals surface area contributed by atoms with Crippen molar-refractivity contribution in [3.63, 3.8) is 0 Å². The van der Waals surface area contributed by atoms with Gasteiger partial charge >= 0.3 is 0 Å². The van der Waals surface area contributed by atoms with Crippen LogP contribution in [0.15, 0.2) is 24.3 Å². The fourth-order valence-corrected chi connectivity index (χ4v) is 1.84. The number of aliphatic hydroxyl groups is 1. The first-order valence-corrected chi connectivity index (χ1v) is 6.11. The maximum Gasteiger partial charge on any atom is 0.132 e. The van der Waals surface area contributed by atoms with E-state index < -0.39 is 0 Å². The van der Waals surface area contributed by atoms with E-state index in [2.05, 4.69) is 17.2 Å². The fourth-order valence-electron chi connectivity index (χ4n) is 1.84. The third-order valence-electron chi connectivity index (χ3n) is 2.81. The van der Waals surface area contributed by atoms with E-state index in [4.69, 9.17) is 4.74 Å². The van der Waals surface area contributed by atoms with Crippen LogP contribution in [0.5, 0.6) is 5.75 Å². The second-order valence-corrected chi connectivity index (χ2v) is 4.14. The van der Waals surface area contributed by atoms with Crippen molar-refractivity contribution in [3.8, 4) is 5.75 Å². The van der Waals surface area contributed by atoms with Gasteiger partial charge in [-0.3, -0.25) is 0 Å². The highest BCUT2D eigenvalue weighted by molar-refractivity contribution is 5.83. The standard InChI is InChI=1S/C14H18N2O2/c1-3-6-15-14-11(9-17)7-10-8-12(18-2)4-5-13(10)16-14/h4-5,7-8,17H,3,6,9H2,1-2H3,(H,15,16). The number of aromatic nitrogens is 1. The second-order valence-electron chi connectivity index (χ2n) is 4.14. The summed E-state index contributed by atoms with van der Waals surface area (Å²) < 4.78 is 5.19. The summed E-state index contributed by atoms with van der Waals surface area (Å²) in [6, 6.07) is 7.68. The number of rotatable bonds is 5. The van der Waals surface area contributed by atoms with Crippen LogP contribution in [0.4, 0.5) is 5.82 Å². The van der Waals surface area contributed by atoms with E-state index in [1.54, 1.807) is 7.11 Å². The van der Waals surface area contributed by atoms with E-state index in [9.17, 15) is 5.11 Å². The van der Waals surface area contributed by atoms with E-state index in [1.807, 2.05) is 24.3 Å². The van der Waals surface area contributed by atoms with Gasteiger partial charge in [-0.25, -0.2) is 4.98 Å². The highest BCUT2D eigenvalue weighted by Crippen LogP contribution is 2.24. The zero-order valence-corrected chi connectivity index (χ0v) is 10.7. The molecule has 1 heterocycles. The number of nitrogens with zero attached hydrogens (tertiary/aromatic N) is 1. The highest BCUT2D eigenvalue weighted by atomic mass is 16.5. The SMILES string of the molecule is CCCNc1nc2ccc(OC)cc2cc1CO. The van der Waals surface area contributed by atoms with Gasteiger partial charge < -0.3 is 15.2 Å². The van der Waals surface area contributed by atoms with Gasteiger partial charge in [-0.1, -0.05) is 6.92 Å². The molecule has 0 atom stereocenters. The average molecular weight is 246 g/mol. The van der Waals surface area contributed by atoms with Crippen molar-refractivity contribution < 1.29 is 9.84 Å². The molecule has 0 unspecified atom stereocenters. The summed E-state index contributed by atoms with van der Waals surface area (Å²) in [5.74, 6) is 1.56. The first kappa shape index (κ1) is 12.6. The highest BCUT2D eigenvalue weighted by Gasteiger charge is 2.06. The van der Waals surface area contributed by atoms with Crippen LogP contribution in [0.2, 0.25) is 0 Å². The van der Waals surface area contributed by atoms with E-state index in [0.29, 0.717) is 0 Å². The molecular weight excluding hydrogens is 228 g/mol. The van der Waals surface area contributed by atoms with Crippen LogP contribution in [0.25, 0.3) is 10.9 Å². The number of nitrogens with one attached hydrogen (secondary N) is 1. The molecule has 0 aliphatic heterocycles. The molecule has 1 aromatic heterocycles. The molecule has 0 spiro atoms. The third kappa shape index (κ3) is 2.54. The summed E-state index contributed by atoms with van der Waals surface area (Å²) in [4.78, 5) is 4.53. The van der Waals surface area contributed by atoms with Crippen molar-refractivity contribution in [2.24, 2.45) is 0 Å². The van der Waals surface area contributed by atoms with Gasteiger partial charge in [0.05, 0.1) is 19.2 Å². The first-order chi connectivity index (χ1) is 8.78. The summed E-state index contributed by atoms with van der Waals surface area (Å²) in [6.07, 6.45) is 1.02. The Labute approximate surface area is 107 Å². The largest absolute Gasteiger partial charge is 0.497 e. The predicted molar refractivity (Wildman–Crippen MR) is 73.0 cm³/mol. The zero-order valence-electron chi connectivity index (χ0n) is 10.7. The lowest BCUT2D eigenvalue weighted by Crippen LogP contribution is -2.05. The molecule has 4 heteroatoms. The van der Waals surface area contributed by atoms with Crippen LogP contribution in [0.1, 0.15) is 18.9 Å². The summed E-state index contributed by atoms with van der Waals surface area (Å²) >= 11 is 0. The van der Waals surface area contributed by atoms with Gasteiger partial charge in [0.1, 0.15) is 11.6 Å². The van der Waals surface area contributed by atoms with Gasteiger partial charge in [0.25, 0.3) is 0 Å². The van der Waals surface area contributed by atoms with Gasteiger partial charge in [-0.05, 0) is 30.7 Å². The Morgan fingerprint density at radius 1 is 1.33 bits per heavy atom. The molecule has 0 saturated heterocycles. The quantitative estimate of drug-likeness (QED) is 0.851. The molecule has 4 nitrogen and oxygen atoms in total. The van der Waals surface area contributed by atoms with E-state index in [-0.39, 0.29) is 6.61 Å². The second kappa shape index (κ2) is 5.69. The van der Waals surface area contributed by atoms with Crippen molar-refractivity contribution in [1.29, 1.82) is 0 Å². The lowest BCUT2D eigenvalue weighted by Gasteiger charge is -2.11. The van der Waals surface area contributed by atoms with Crippen LogP contribution >= 0.6 is 0 Å². The molecule has 2 rings (SSSR count). The Morgan fingerprint density at radius 2 is 2.17 bits per heavy atom. The Hall–Kier alpha value is -1.81. The van der Waals surface area contributed by atoms with Gasteiger partial charge in [-0.2, -0.15) is 0 Å². The Kier molecular flexibility index (Phi) is 3.99. The van der Waals surface area contributed by atoms with Crippen LogP contribution in [-0.2, 0) is 6.61 Å². The molecule has 18 heavy (non-hydrogen) atoms. The van der Waals surface area contributed by atoms with Crippen molar-refractivity contribution in [2.45, 2.75) is 20.0 Å². The molecule has 0 amide bonds. The normalized spacial score (nSPS) is 10.6. The molecule has 1 aromatic carbocycles. The number of aliphatic hydroxyl groups excluding tert-OH is 1. The molecule has 0 radical (unpaired) electrons. The Balaban J connectivity index is 2.46. The number of hydrogen-bond acceptors (Lipinski definition) is 4. The van der Waals surface area contributed by atoms with Crippen molar-refractivity contribution in [2.75, 3.05) is 19.0 Å². The monoisotopic (exact) mass is 246 g/mol. The first-order valence-electron chi connectivity index (χ1n) is 6.11. The lowest BCUT2D eigenvalue weighted by molar-refractivity contribution is 0.282. The number of benzene rings is 1. The van der Waals surface area contributed by atoms with E-state index >= 15 is 0 Å². The maximum absolute atomic E-state index is 9.39. The number of anilines is 1. The molecule has 2 N–H and O–H groups in total. The van der Waals surface area contributed by atoms with Crippen molar-refractivity contribution >= 4 is 16.7 Å². The summed E-state index contributed by atoms with van der Waals surface area (Å²) in [5, 5.41) is 13.6. The number of fused-ring (bicyclic) bond motifs is 1. The topological polar surface area (TPSA) is 54.4 Å². The summed E-state index contributed by atoms with van der Waals surface area (Å²) in [7, 11) is 1.64. The van der Waals surface area contributed by atoms with Crippen molar-refractivity contribution in [3.05, 3.63) is 29.8 Å². The third-order valence-corrected chi connectivity index (χ3v) is 2.81. The molecule has 0 aliphatic carbocycles. The van der Waals surface area contributed by atoms with Crippen LogP contribution in [0.3, 0.4) is 0 Å². The van der Waals surface area contributed by atoms with E-state index in [0.717, 1.165) is 41.0 Å². The smallest absolute Gasteiger partial charge is 0.132 e. The molecule has 0 saturated carbocycles.